The van der Waals surface area contributed by atoms with Crippen LogP contribution in [0.15, 0.2) is 66.0 Å². The molecule has 184 valence electrons. The molecule has 1 unspecified atom stereocenters. The molecule has 0 aliphatic carbocycles. The minimum absolute atomic E-state index is 0.00279. The van der Waals surface area contributed by atoms with Gasteiger partial charge < -0.3 is 14.6 Å². The minimum Gasteiger partial charge on any atom is -0.494 e. The number of fused-ring (bicyclic) bond motifs is 1. The van der Waals surface area contributed by atoms with Gasteiger partial charge in [0.25, 0.3) is 5.91 Å². The molecule has 0 radical (unpaired) electrons. The lowest BCUT2D eigenvalue weighted by Crippen LogP contribution is -2.24. The van der Waals surface area contributed by atoms with E-state index in [1.54, 1.807) is 0 Å². The maximum absolute atomic E-state index is 12.2. The standard InChI is InChI=1S/C29H35N3O2S/c1-3-22(2)23-14-16-24(17-15-23)34-20-7-6-19-32-26-11-5-4-10-25(26)31-28(32)13-8-18-30-29(33)27-12-9-21-35-27/h4-5,9-12,14-17,21-22H,3,6-8,13,18-20H2,1-2H3,(H,30,33). The van der Waals surface area contributed by atoms with Gasteiger partial charge in [0.1, 0.15) is 11.6 Å². The molecule has 0 bridgehead atoms. The van der Waals surface area contributed by atoms with E-state index in [9.17, 15) is 4.79 Å². The Kier molecular flexibility index (Phi) is 8.96. The number of nitrogens with zero attached hydrogens (tertiary/aromatic N) is 2. The largest absolute Gasteiger partial charge is 0.494 e. The number of ether oxygens (including phenoxy) is 1. The summed E-state index contributed by atoms with van der Waals surface area (Å²) in [6, 6.07) is 20.6. The van der Waals surface area contributed by atoms with Crippen molar-refractivity contribution in [2.75, 3.05) is 13.2 Å². The van der Waals surface area contributed by atoms with Crippen LogP contribution in [0, 0.1) is 0 Å². The van der Waals surface area contributed by atoms with E-state index in [2.05, 4.69) is 66.2 Å². The molecule has 0 fully saturated rings. The van der Waals surface area contributed by atoms with E-state index < -0.39 is 0 Å². The average Bonchev–Trinajstić information content (AvgIpc) is 3.55. The van der Waals surface area contributed by atoms with E-state index in [1.807, 2.05) is 23.6 Å². The summed E-state index contributed by atoms with van der Waals surface area (Å²) in [5.74, 6) is 2.61. The van der Waals surface area contributed by atoms with Gasteiger partial charge in [-0.25, -0.2) is 4.98 Å². The summed E-state index contributed by atoms with van der Waals surface area (Å²) in [6.07, 6.45) is 4.84. The Balaban J connectivity index is 1.26. The van der Waals surface area contributed by atoms with E-state index in [0.29, 0.717) is 19.1 Å². The summed E-state index contributed by atoms with van der Waals surface area (Å²) in [5.41, 5.74) is 3.57. The molecule has 1 amide bonds. The fourth-order valence-electron chi connectivity index (χ4n) is 4.20. The van der Waals surface area contributed by atoms with Gasteiger partial charge in [-0.05, 0) is 72.9 Å². The summed E-state index contributed by atoms with van der Waals surface area (Å²) in [7, 11) is 0. The molecular weight excluding hydrogens is 454 g/mol. The molecule has 0 aliphatic rings. The summed E-state index contributed by atoms with van der Waals surface area (Å²) >= 11 is 1.47. The molecule has 1 atom stereocenters. The van der Waals surface area contributed by atoms with Crippen molar-refractivity contribution >= 4 is 28.3 Å². The van der Waals surface area contributed by atoms with Crippen molar-refractivity contribution in [1.29, 1.82) is 0 Å². The van der Waals surface area contributed by atoms with E-state index in [-0.39, 0.29) is 5.91 Å². The Morgan fingerprint density at radius 3 is 2.66 bits per heavy atom. The second kappa shape index (κ2) is 12.5. The Morgan fingerprint density at radius 1 is 1.06 bits per heavy atom. The second-order valence-electron chi connectivity index (χ2n) is 8.94. The zero-order valence-electron chi connectivity index (χ0n) is 20.7. The molecule has 0 spiro atoms. The number of carbonyl (C=O) groups is 1. The average molecular weight is 490 g/mol. The van der Waals surface area contributed by atoms with Gasteiger partial charge in [0.05, 0.1) is 22.5 Å². The van der Waals surface area contributed by atoms with Gasteiger partial charge in [-0.1, -0.05) is 44.2 Å². The Hall–Kier alpha value is -3.12. The number of aromatic nitrogens is 2. The third-order valence-corrected chi connectivity index (χ3v) is 7.32. The molecule has 0 saturated heterocycles. The van der Waals surface area contributed by atoms with Gasteiger partial charge in [-0.2, -0.15) is 0 Å². The molecule has 2 heterocycles. The number of amides is 1. The quantitative estimate of drug-likeness (QED) is 0.209. The van der Waals surface area contributed by atoms with Crippen LogP contribution in [0.3, 0.4) is 0 Å². The van der Waals surface area contributed by atoms with E-state index >= 15 is 0 Å². The van der Waals surface area contributed by atoms with Crippen molar-refractivity contribution in [3.63, 3.8) is 0 Å². The lowest BCUT2D eigenvalue weighted by atomic mass is 9.99. The van der Waals surface area contributed by atoms with E-state index in [1.165, 1.54) is 22.4 Å². The molecule has 4 aromatic rings. The van der Waals surface area contributed by atoms with Crippen molar-refractivity contribution in [3.05, 3.63) is 82.3 Å². The number of nitrogens with one attached hydrogen (secondary N) is 1. The number of para-hydroxylation sites is 2. The van der Waals surface area contributed by atoms with Crippen molar-refractivity contribution in [2.45, 2.75) is 58.4 Å². The summed E-state index contributed by atoms with van der Waals surface area (Å²) in [6.45, 7) is 6.73. The lowest BCUT2D eigenvalue weighted by molar-refractivity contribution is 0.0957. The van der Waals surface area contributed by atoms with E-state index in [0.717, 1.165) is 60.6 Å². The van der Waals surface area contributed by atoms with Crippen LogP contribution in [0.4, 0.5) is 0 Å². The third kappa shape index (κ3) is 6.73. The van der Waals surface area contributed by atoms with Gasteiger partial charge in [0, 0.05) is 19.5 Å². The topological polar surface area (TPSA) is 56.1 Å². The van der Waals surface area contributed by atoms with Gasteiger partial charge in [0.15, 0.2) is 0 Å². The SMILES string of the molecule is CCC(C)c1ccc(OCCCCn2c(CCCNC(=O)c3cccs3)nc3ccccc32)cc1. The fourth-order valence-corrected chi connectivity index (χ4v) is 4.84. The first kappa shape index (κ1) is 25.0. The maximum Gasteiger partial charge on any atom is 0.261 e. The molecule has 0 saturated carbocycles. The highest BCUT2D eigenvalue weighted by Crippen LogP contribution is 2.22. The smallest absolute Gasteiger partial charge is 0.261 e. The molecule has 0 aliphatic heterocycles. The first-order valence-corrected chi connectivity index (χ1v) is 13.5. The van der Waals surface area contributed by atoms with Gasteiger partial charge in [-0.15, -0.1) is 11.3 Å². The number of thiophene rings is 1. The van der Waals surface area contributed by atoms with Crippen LogP contribution in [-0.2, 0) is 13.0 Å². The molecular formula is C29H35N3O2S. The number of benzene rings is 2. The molecule has 1 N–H and O–H groups in total. The summed E-state index contributed by atoms with van der Waals surface area (Å²) in [5, 5.41) is 4.94. The second-order valence-corrected chi connectivity index (χ2v) is 9.89. The van der Waals surface area contributed by atoms with Crippen molar-refractivity contribution in [1.82, 2.24) is 14.9 Å². The number of unbranched alkanes of at least 4 members (excludes halogenated alkanes) is 1. The van der Waals surface area contributed by atoms with Crippen LogP contribution in [0.5, 0.6) is 5.75 Å². The molecule has 5 nitrogen and oxygen atoms in total. The fraction of sp³-hybridized carbons (Fsp3) is 0.379. The van der Waals surface area contributed by atoms with Crippen molar-refractivity contribution in [2.24, 2.45) is 0 Å². The zero-order valence-corrected chi connectivity index (χ0v) is 21.5. The molecule has 2 aromatic carbocycles. The van der Waals surface area contributed by atoms with Crippen molar-refractivity contribution in [3.8, 4) is 5.75 Å². The lowest BCUT2D eigenvalue weighted by Gasteiger charge is -2.12. The third-order valence-electron chi connectivity index (χ3n) is 6.45. The Bertz CT molecular complexity index is 1200. The molecule has 4 rings (SSSR count). The monoisotopic (exact) mass is 489 g/mol. The zero-order chi connectivity index (χ0) is 24.5. The minimum atomic E-state index is 0.00279. The molecule has 35 heavy (non-hydrogen) atoms. The van der Waals surface area contributed by atoms with Gasteiger partial charge in [0.2, 0.25) is 0 Å². The number of carbonyl (C=O) groups excluding carboxylic acids is 1. The number of imidazole rings is 1. The van der Waals surface area contributed by atoms with Crippen LogP contribution in [0.2, 0.25) is 0 Å². The van der Waals surface area contributed by atoms with Crippen LogP contribution < -0.4 is 10.1 Å². The van der Waals surface area contributed by atoms with Gasteiger partial charge >= 0.3 is 0 Å². The molecule has 2 aromatic heterocycles. The van der Waals surface area contributed by atoms with Crippen LogP contribution in [0.25, 0.3) is 11.0 Å². The van der Waals surface area contributed by atoms with Crippen molar-refractivity contribution < 1.29 is 9.53 Å². The summed E-state index contributed by atoms with van der Waals surface area (Å²) in [4.78, 5) is 17.8. The predicted octanol–water partition coefficient (Wildman–Crippen LogP) is 6.83. The summed E-state index contributed by atoms with van der Waals surface area (Å²) < 4.78 is 8.31. The Morgan fingerprint density at radius 2 is 1.89 bits per heavy atom. The predicted molar refractivity (Wildman–Crippen MR) is 145 cm³/mol. The highest BCUT2D eigenvalue weighted by molar-refractivity contribution is 7.12. The van der Waals surface area contributed by atoms with Crippen LogP contribution in [-0.4, -0.2) is 28.6 Å². The highest BCUT2D eigenvalue weighted by atomic mass is 32.1. The highest BCUT2D eigenvalue weighted by Gasteiger charge is 2.11. The number of hydrogen-bond acceptors (Lipinski definition) is 4. The number of hydrogen-bond donors (Lipinski definition) is 1. The number of rotatable bonds is 13. The first-order chi connectivity index (χ1) is 17.2. The maximum atomic E-state index is 12.2. The van der Waals surface area contributed by atoms with Crippen LogP contribution >= 0.6 is 11.3 Å². The van der Waals surface area contributed by atoms with E-state index in [4.69, 9.17) is 9.72 Å². The van der Waals surface area contributed by atoms with Gasteiger partial charge in [-0.3, -0.25) is 4.79 Å². The first-order valence-electron chi connectivity index (χ1n) is 12.6. The van der Waals surface area contributed by atoms with Crippen LogP contribution in [0.1, 0.15) is 66.5 Å². The Labute approximate surface area is 212 Å². The number of aryl methyl sites for hydroxylation is 2. The normalized spacial score (nSPS) is 12.1. The molecule has 6 heteroatoms.